The molecule has 0 atom stereocenters. The Labute approximate surface area is 109 Å². The van der Waals surface area contributed by atoms with Gasteiger partial charge in [-0.05, 0) is 17.7 Å². The molecule has 2 N–H and O–H groups in total. The molecule has 0 saturated heterocycles. The Morgan fingerprint density at radius 3 is 3.00 bits per heavy atom. The van der Waals surface area contributed by atoms with E-state index >= 15 is 0 Å². The summed E-state index contributed by atoms with van der Waals surface area (Å²) in [6, 6.07) is 6.89. The highest BCUT2D eigenvalue weighted by Gasteiger charge is 2.06. The number of thioether (sulfide) groups is 1. The number of aryl methyl sites for hydroxylation is 1. The molecule has 0 unspecified atom stereocenters. The predicted octanol–water partition coefficient (Wildman–Crippen LogP) is 2.36. The number of benzene rings is 1. The molecule has 1 aromatic heterocycles. The van der Waals surface area contributed by atoms with Crippen molar-refractivity contribution in [2.45, 2.75) is 24.3 Å². The van der Waals surface area contributed by atoms with E-state index in [-0.39, 0.29) is 0 Å². The van der Waals surface area contributed by atoms with Crippen molar-refractivity contribution in [1.82, 2.24) is 15.2 Å². The van der Waals surface area contributed by atoms with Crippen molar-refractivity contribution in [2.75, 3.05) is 0 Å². The molecule has 18 heavy (non-hydrogen) atoms. The molecule has 0 aliphatic carbocycles. The summed E-state index contributed by atoms with van der Waals surface area (Å²) in [4.78, 5) is 15.1. The number of aromatic amines is 1. The van der Waals surface area contributed by atoms with E-state index in [2.05, 4.69) is 15.2 Å². The van der Waals surface area contributed by atoms with Gasteiger partial charge in [-0.3, -0.25) is 5.10 Å². The summed E-state index contributed by atoms with van der Waals surface area (Å²) in [7, 11) is 0. The fourth-order valence-corrected chi connectivity index (χ4v) is 2.20. The standard InChI is InChI=1S/C12H13N3O2S/c1-2-10-13-12(15-14-10)18-7-8-4-3-5-9(6-8)11(16)17/h3-6H,2,7H2,1H3,(H,16,17)(H,13,14,15). The quantitative estimate of drug-likeness (QED) is 0.809. The summed E-state index contributed by atoms with van der Waals surface area (Å²) in [6.07, 6.45) is 0.821. The highest BCUT2D eigenvalue weighted by atomic mass is 32.2. The number of aromatic nitrogens is 3. The first-order valence-electron chi connectivity index (χ1n) is 5.55. The van der Waals surface area contributed by atoms with E-state index in [0.29, 0.717) is 16.5 Å². The fraction of sp³-hybridized carbons (Fsp3) is 0.250. The van der Waals surface area contributed by atoms with Gasteiger partial charge in [0.05, 0.1) is 5.56 Å². The van der Waals surface area contributed by atoms with Crippen LogP contribution >= 0.6 is 11.8 Å². The van der Waals surface area contributed by atoms with Crippen LogP contribution in [0.25, 0.3) is 0 Å². The van der Waals surface area contributed by atoms with Gasteiger partial charge >= 0.3 is 5.97 Å². The van der Waals surface area contributed by atoms with Crippen LogP contribution in [0, 0.1) is 0 Å². The van der Waals surface area contributed by atoms with Gasteiger partial charge in [0.15, 0.2) is 0 Å². The summed E-state index contributed by atoms with van der Waals surface area (Å²) < 4.78 is 0. The van der Waals surface area contributed by atoms with Gasteiger partial charge in [-0.1, -0.05) is 30.8 Å². The van der Waals surface area contributed by atoms with Gasteiger partial charge in [0.1, 0.15) is 5.82 Å². The fourth-order valence-electron chi connectivity index (χ4n) is 1.44. The van der Waals surface area contributed by atoms with E-state index in [0.717, 1.165) is 17.8 Å². The summed E-state index contributed by atoms with van der Waals surface area (Å²) in [5.41, 5.74) is 1.25. The van der Waals surface area contributed by atoms with Crippen molar-refractivity contribution in [3.05, 3.63) is 41.2 Å². The lowest BCUT2D eigenvalue weighted by atomic mass is 10.1. The molecule has 94 valence electrons. The maximum absolute atomic E-state index is 10.8. The van der Waals surface area contributed by atoms with Gasteiger partial charge in [0.25, 0.3) is 0 Å². The number of hydrogen-bond acceptors (Lipinski definition) is 4. The summed E-state index contributed by atoms with van der Waals surface area (Å²) in [5.74, 6) is 0.604. The average Bonchev–Trinajstić information content (AvgIpc) is 2.84. The van der Waals surface area contributed by atoms with Gasteiger partial charge in [-0.25, -0.2) is 9.78 Å². The van der Waals surface area contributed by atoms with Gasteiger partial charge in [0, 0.05) is 12.2 Å². The molecule has 2 rings (SSSR count). The maximum atomic E-state index is 10.8. The van der Waals surface area contributed by atoms with Crippen molar-refractivity contribution in [3.8, 4) is 0 Å². The van der Waals surface area contributed by atoms with Crippen molar-refractivity contribution < 1.29 is 9.90 Å². The first-order valence-corrected chi connectivity index (χ1v) is 6.54. The van der Waals surface area contributed by atoms with Gasteiger partial charge in [-0.15, -0.1) is 5.10 Å². The van der Waals surface area contributed by atoms with Crippen LogP contribution in [0.1, 0.15) is 28.7 Å². The minimum Gasteiger partial charge on any atom is -0.478 e. The first kappa shape index (κ1) is 12.6. The van der Waals surface area contributed by atoms with Crippen molar-refractivity contribution in [2.24, 2.45) is 0 Å². The van der Waals surface area contributed by atoms with Crippen LogP contribution < -0.4 is 0 Å². The molecule has 0 aliphatic heterocycles. The van der Waals surface area contributed by atoms with Crippen LogP contribution in [0.15, 0.2) is 29.4 Å². The largest absolute Gasteiger partial charge is 0.478 e. The Morgan fingerprint density at radius 2 is 2.33 bits per heavy atom. The third-order valence-corrected chi connectivity index (χ3v) is 3.31. The summed E-state index contributed by atoms with van der Waals surface area (Å²) >= 11 is 1.48. The third kappa shape index (κ3) is 3.10. The second-order valence-electron chi connectivity index (χ2n) is 3.71. The zero-order valence-corrected chi connectivity index (χ0v) is 10.7. The molecule has 0 aliphatic rings. The topological polar surface area (TPSA) is 78.9 Å². The zero-order chi connectivity index (χ0) is 13.0. The predicted molar refractivity (Wildman–Crippen MR) is 68.7 cm³/mol. The van der Waals surface area contributed by atoms with Crippen LogP contribution in [-0.4, -0.2) is 26.3 Å². The first-order chi connectivity index (χ1) is 8.69. The summed E-state index contributed by atoms with van der Waals surface area (Å²) in [6.45, 7) is 2.01. The number of aromatic carboxylic acids is 1. The molecule has 2 aromatic rings. The maximum Gasteiger partial charge on any atom is 0.335 e. The molecular formula is C12H13N3O2S. The number of carboxylic acid groups (broad SMARTS) is 1. The molecule has 0 radical (unpaired) electrons. The number of carboxylic acids is 1. The Hall–Kier alpha value is -1.82. The SMILES string of the molecule is CCc1nc(SCc2cccc(C(=O)O)c2)n[nH]1. The van der Waals surface area contributed by atoms with Gasteiger partial charge < -0.3 is 5.11 Å². The van der Waals surface area contributed by atoms with E-state index < -0.39 is 5.97 Å². The molecule has 1 heterocycles. The molecule has 1 aromatic carbocycles. The summed E-state index contributed by atoms with van der Waals surface area (Å²) in [5, 5.41) is 16.5. The number of nitrogens with zero attached hydrogens (tertiary/aromatic N) is 2. The molecule has 5 nitrogen and oxygen atoms in total. The number of hydrogen-bond donors (Lipinski definition) is 2. The van der Waals surface area contributed by atoms with Crippen molar-refractivity contribution >= 4 is 17.7 Å². The Kier molecular flexibility index (Phi) is 3.99. The van der Waals surface area contributed by atoms with Crippen molar-refractivity contribution in [3.63, 3.8) is 0 Å². The Bertz CT molecular complexity index is 554. The highest BCUT2D eigenvalue weighted by molar-refractivity contribution is 7.98. The van der Waals surface area contributed by atoms with E-state index in [9.17, 15) is 4.79 Å². The second-order valence-corrected chi connectivity index (χ2v) is 4.65. The molecule has 0 saturated carbocycles. The molecule has 0 spiro atoms. The smallest absolute Gasteiger partial charge is 0.335 e. The Morgan fingerprint density at radius 1 is 1.50 bits per heavy atom. The normalized spacial score (nSPS) is 10.5. The number of carbonyl (C=O) groups is 1. The lowest BCUT2D eigenvalue weighted by molar-refractivity contribution is 0.0697. The van der Waals surface area contributed by atoms with E-state index in [1.54, 1.807) is 18.2 Å². The van der Waals surface area contributed by atoms with Crippen LogP contribution in [0.4, 0.5) is 0 Å². The molecule has 0 amide bonds. The number of H-pyrrole nitrogens is 1. The van der Waals surface area contributed by atoms with Crippen LogP contribution in [-0.2, 0) is 12.2 Å². The lowest BCUT2D eigenvalue weighted by Gasteiger charge is -2.00. The van der Waals surface area contributed by atoms with Crippen LogP contribution in [0.5, 0.6) is 0 Å². The monoisotopic (exact) mass is 263 g/mol. The van der Waals surface area contributed by atoms with Crippen LogP contribution in [0.2, 0.25) is 0 Å². The van der Waals surface area contributed by atoms with Crippen LogP contribution in [0.3, 0.4) is 0 Å². The molecule has 6 heteroatoms. The Balaban J connectivity index is 2.01. The minimum atomic E-state index is -0.909. The van der Waals surface area contributed by atoms with E-state index in [1.165, 1.54) is 11.8 Å². The number of rotatable bonds is 5. The second kappa shape index (κ2) is 5.68. The molecule has 0 bridgehead atoms. The average molecular weight is 263 g/mol. The highest BCUT2D eigenvalue weighted by Crippen LogP contribution is 2.19. The van der Waals surface area contributed by atoms with E-state index in [1.807, 2.05) is 13.0 Å². The third-order valence-electron chi connectivity index (χ3n) is 2.39. The van der Waals surface area contributed by atoms with Gasteiger partial charge in [-0.2, -0.15) is 0 Å². The van der Waals surface area contributed by atoms with Crippen molar-refractivity contribution in [1.29, 1.82) is 0 Å². The van der Waals surface area contributed by atoms with E-state index in [4.69, 9.17) is 5.11 Å². The number of nitrogens with one attached hydrogen (secondary N) is 1. The molecular weight excluding hydrogens is 250 g/mol. The van der Waals surface area contributed by atoms with Gasteiger partial charge in [0.2, 0.25) is 5.16 Å². The zero-order valence-electron chi connectivity index (χ0n) is 9.88. The minimum absolute atomic E-state index is 0.303. The molecule has 0 fully saturated rings. The lowest BCUT2D eigenvalue weighted by Crippen LogP contribution is -1.96.